The van der Waals surface area contributed by atoms with E-state index in [0.29, 0.717) is 17.3 Å². The second kappa shape index (κ2) is 3.21. The van der Waals surface area contributed by atoms with Gasteiger partial charge in [-0.1, -0.05) is 0 Å². The maximum absolute atomic E-state index is 12.8. The van der Waals surface area contributed by atoms with E-state index in [0.717, 1.165) is 0 Å². The Bertz CT molecular complexity index is 533. The maximum atomic E-state index is 12.8. The van der Waals surface area contributed by atoms with Crippen LogP contribution in [-0.2, 0) is 6.54 Å². The average molecular weight is 192 g/mol. The lowest BCUT2D eigenvalue weighted by Crippen LogP contribution is -2.21. The van der Waals surface area contributed by atoms with Gasteiger partial charge in [0, 0.05) is 11.9 Å². The van der Waals surface area contributed by atoms with Crippen LogP contribution in [0.3, 0.4) is 0 Å². The van der Waals surface area contributed by atoms with Crippen molar-refractivity contribution >= 4 is 10.8 Å². The molecule has 1 aromatic carbocycles. The molecule has 0 unspecified atom stereocenters. The molecule has 0 radical (unpaired) electrons. The standard InChI is InChI=1S/C10H9FN2O/c1-2-13-10(14)9-4-3-8(11)5-7(9)6-12-13/h3-6H,2H2,1H3. The first-order valence-corrected chi connectivity index (χ1v) is 4.37. The minimum atomic E-state index is -0.354. The zero-order chi connectivity index (χ0) is 10.1. The summed E-state index contributed by atoms with van der Waals surface area (Å²) in [6.45, 7) is 2.36. The minimum Gasteiger partial charge on any atom is -0.267 e. The molecule has 0 saturated carbocycles. The van der Waals surface area contributed by atoms with Crippen LogP contribution in [0.25, 0.3) is 10.8 Å². The number of benzene rings is 1. The van der Waals surface area contributed by atoms with E-state index in [1.165, 1.54) is 29.1 Å². The molecule has 0 aliphatic carbocycles. The summed E-state index contributed by atoms with van der Waals surface area (Å²) < 4.78 is 14.2. The Kier molecular flexibility index (Phi) is 2.04. The van der Waals surface area contributed by atoms with E-state index in [4.69, 9.17) is 0 Å². The molecule has 0 atom stereocenters. The Morgan fingerprint density at radius 1 is 1.50 bits per heavy atom. The van der Waals surface area contributed by atoms with Crippen LogP contribution in [0.15, 0.2) is 29.2 Å². The SMILES string of the molecule is CCn1ncc2cc(F)ccc2c1=O. The molecule has 2 rings (SSSR count). The van der Waals surface area contributed by atoms with E-state index in [1.807, 2.05) is 6.92 Å². The van der Waals surface area contributed by atoms with E-state index in [-0.39, 0.29) is 11.4 Å². The van der Waals surface area contributed by atoms with Gasteiger partial charge in [0.05, 0.1) is 11.6 Å². The molecule has 1 aromatic heterocycles. The van der Waals surface area contributed by atoms with Crippen LogP contribution in [0, 0.1) is 5.82 Å². The predicted octanol–water partition coefficient (Wildman–Crippen LogP) is 1.56. The number of hydrogen-bond acceptors (Lipinski definition) is 2. The summed E-state index contributed by atoms with van der Waals surface area (Å²) >= 11 is 0. The lowest BCUT2D eigenvalue weighted by atomic mass is 10.2. The number of aryl methyl sites for hydroxylation is 1. The Hall–Kier alpha value is -1.71. The summed E-state index contributed by atoms with van der Waals surface area (Å²) in [5.41, 5.74) is -0.176. The molecule has 2 aromatic rings. The predicted molar refractivity (Wildman–Crippen MR) is 51.6 cm³/mol. The van der Waals surface area contributed by atoms with Crippen LogP contribution in [0.2, 0.25) is 0 Å². The summed E-state index contributed by atoms with van der Waals surface area (Å²) in [7, 11) is 0. The molecule has 0 aliphatic heterocycles. The zero-order valence-electron chi connectivity index (χ0n) is 7.70. The summed E-state index contributed by atoms with van der Waals surface area (Å²) in [5.74, 6) is -0.354. The number of halogens is 1. The summed E-state index contributed by atoms with van der Waals surface area (Å²) in [4.78, 5) is 11.6. The van der Waals surface area contributed by atoms with E-state index in [1.54, 1.807) is 0 Å². The van der Waals surface area contributed by atoms with Gasteiger partial charge in [0.2, 0.25) is 0 Å². The van der Waals surface area contributed by atoms with Gasteiger partial charge >= 0.3 is 0 Å². The molecule has 0 aliphatic rings. The van der Waals surface area contributed by atoms with Crippen molar-refractivity contribution in [2.24, 2.45) is 0 Å². The first-order valence-electron chi connectivity index (χ1n) is 4.37. The molecule has 4 heteroatoms. The van der Waals surface area contributed by atoms with Crippen molar-refractivity contribution in [3.8, 4) is 0 Å². The van der Waals surface area contributed by atoms with Gasteiger partial charge in [-0.15, -0.1) is 0 Å². The lowest BCUT2D eigenvalue weighted by Gasteiger charge is -2.01. The van der Waals surface area contributed by atoms with Crippen LogP contribution in [0.1, 0.15) is 6.92 Å². The number of fused-ring (bicyclic) bond motifs is 1. The molecule has 0 saturated heterocycles. The summed E-state index contributed by atoms with van der Waals surface area (Å²) in [5, 5.41) is 4.95. The molecular weight excluding hydrogens is 183 g/mol. The van der Waals surface area contributed by atoms with Crippen molar-refractivity contribution in [3.05, 3.63) is 40.6 Å². The van der Waals surface area contributed by atoms with E-state index in [9.17, 15) is 9.18 Å². The zero-order valence-corrected chi connectivity index (χ0v) is 7.70. The van der Waals surface area contributed by atoms with Crippen molar-refractivity contribution < 1.29 is 4.39 Å². The van der Waals surface area contributed by atoms with Crippen molar-refractivity contribution in [2.75, 3.05) is 0 Å². The second-order valence-corrected chi connectivity index (χ2v) is 3.00. The first kappa shape index (κ1) is 8.87. The first-order chi connectivity index (χ1) is 6.72. The molecule has 0 amide bonds. The quantitative estimate of drug-likeness (QED) is 0.687. The summed E-state index contributed by atoms with van der Waals surface area (Å²) in [6.07, 6.45) is 1.50. The van der Waals surface area contributed by atoms with Gasteiger partial charge in [-0.2, -0.15) is 5.10 Å². The second-order valence-electron chi connectivity index (χ2n) is 3.00. The van der Waals surface area contributed by atoms with Gasteiger partial charge in [0.1, 0.15) is 5.82 Å². The third kappa shape index (κ3) is 1.28. The Labute approximate surface area is 79.8 Å². The Balaban J connectivity index is 2.84. The van der Waals surface area contributed by atoms with Gasteiger partial charge in [-0.05, 0) is 25.1 Å². The molecule has 0 bridgehead atoms. The van der Waals surface area contributed by atoms with E-state index < -0.39 is 0 Å². The van der Waals surface area contributed by atoms with Crippen molar-refractivity contribution in [1.82, 2.24) is 9.78 Å². The lowest BCUT2D eigenvalue weighted by molar-refractivity contribution is 0.618. The van der Waals surface area contributed by atoms with Crippen LogP contribution in [0.4, 0.5) is 4.39 Å². The van der Waals surface area contributed by atoms with Crippen molar-refractivity contribution in [2.45, 2.75) is 13.5 Å². The highest BCUT2D eigenvalue weighted by Crippen LogP contribution is 2.09. The van der Waals surface area contributed by atoms with E-state index in [2.05, 4.69) is 5.10 Å². The van der Waals surface area contributed by atoms with Crippen LogP contribution in [0.5, 0.6) is 0 Å². The fourth-order valence-corrected chi connectivity index (χ4v) is 1.38. The van der Waals surface area contributed by atoms with Gasteiger partial charge in [0.15, 0.2) is 0 Å². The van der Waals surface area contributed by atoms with Crippen molar-refractivity contribution in [1.29, 1.82) is 0 Å². The highest BCUT2D eigenvalue weighted by atomic mass is 19.1. The molecule has 0 spiro atoms. The third-order valence-corrected chi connectivity index (χ3v) is 2.11. The normalized spacial score (nSPS) is 10.7. The van der Waals surface area contributed by atoms with E-state index >= 15 is 0 Å². The number of rotatable bonds is 1. The number of hydrogen-bond donors (Lipinski definition) is 0. The molecule has 72 valence electrons. The Morgan fingerprint density at radius 3 is 3.00 bits per heavy atom. The topological polar surface area (TPSA) is 34.9 Å². The fourth-order valence-electron chi connectivity index (χ4n) is 1.38. The average Bonchev–Trinajstić information content (AvgIpc) is 2.18. The maximum Gasteiger partial charge on any atom is 0.274 e. The highest BCUT2D eigenvalue weighted by molar-refractivity contribution is 5.80. The summed E-state index contributed by atoms with van der Waals surface area (Å²) in [6, 6.07) is 4.08. The third-order valence-electron chi connectivity index (χ3n) is 2.11. The van der Waals surface area contributed by atoms with Gasteiger partial charge in [-0.25, -0.2) is 9.07 Å². The smallest absolute Gasteiger partial charge is 0.267 e. The molecule has 0 fully saturated rings. The number of aromatic nitrogens is 2. The van der Waals surface area contributed by atoms with Gasteiger partial charge < -0.3 is 0 Å². The van der Waals surface area contributed by atoms with Crippen LogP contribution >= 0.6 is 0 Å². The molecule has 3 nitrogen and oxygen atoms in total. The fraction of sp³-hybridized carbons (Fsp3) is 0.200. The van der Waals surface area contributed by atoms with Gasteiger partial charge in [0.25, 0.3) is 5.56 Å². The molecular formula is C10H9FN2O. The largest absolute Gasteiger partial charge is 0.274 e. The highest BCUT2D eigenvalue weighted by Gasteiger charge is 2.02. The molecule has 0 N–H and O–H groups in total. The monoisotopic (exact) mass is 192 g/mol. The molecule has 14 heavy (non-hydrogen) atoms. The minimum absolute atomic E-state index is 0.176. The van der Waals surface area contributed by atoms with Gasteiger partial charge in [-0.3, -0.25) is 4.79 Å². The Morgan fingerprint density at radius 2 is 2.29 bits per heavy atom. The number of nitrogens with zero attached hydrogens (tertiary/aromatic N) is 2. The van der Waals surface area contributed by atoms with Crippen LogP contribution in [-0.4, -0.2) is 9.78 Å². The van der Waals surface area contributed by atoms with Crippen molar-refractivity contribution in [3.63, 3.8) is 0 Å². The van der Waals surface area contributed by atoms with Crippen LogP contribution < -0.4 is 5.56 Å². The molecule has 1 heterocycles.